The van der Waals surface area contributed by atoms with Gasteiger partial charge in [-0.3, -0.25) is 9.59 Å². The summed E-state index contributed by atoms with van der Waals surface area (Å²) in [7, 11) is 0. The van der Waals surface area contributed by atoms with E-state index >= 15 is 0 Å². The second-order valence-electron chi connectivity index (χ2n) is 6.08. The quantitative estimate of drug-likeness (QED) is 0.459. The van der Waals surface area contributed by atoms with Crippen molar-refractivity contribution in [1.82, 2.24) is 0 Å². The lowest BCUT2D eigenvalue weighted by atomic mass is 9.62. The lowest BCUT2D eigenvalue weighted by Crippen LogP contribution is -2.41. The molecule has 2 rings (SSSR count). The summed E-state index contributed by atoms with van der Waals surface area (Å²) in [5, 5.41) is 0. The highest BCUT2D eigenvalue weighted by Gasteiger charge is 2.44. The number of benzene rings is 1. The second kappa shape index (κ2) is 4.76. The Labute approximate surface area is 114 Å². The standard InChI is InChI=1S/C17H20O2/c1-11-10-17(3,4)12(2)14(15(11)18)16(19)13-8-6-5-7-9-13/h5-9,11,14H,2,10H2,1,3-4H3. The summed E-state index contributed by atoms with van der Waals surface area (Å²) in [4.78, 5) is 24.9. The van der Waals surface area contributed by atoms with Crippen LogP contribution >= 0.6 is 0 Å². The van der Waals surface area contributed by atoms with Gasteiger partial charge in [-0.05, 0) is 11.8 Å². The first-order valence-electron chi connectivity index (χ1n) is 6.67. The third-order valence-corrected chi connectivity index (χ3v) is 4.12. The van der Waals surface area contributed by atoms with Crippen molar-refractivity contribution in [3.05, 3.63) is 48.0 Å². The summed E-state index contributed by atoms with van der Waals surface area (Å²) in [5.41, 5.74) is 1.18. The lowest BCUT2D eigenvalue weighted by molar-refractivity contribution is -0.126. The molecular weight excluding hydrogens is 236 g/mol. The van der Waals surface area contributed by atoms with E-state index in [1.807, 2.05) is 25.1 Å². The highest BCUT2D eigenvalue weighted by molar-refractivity contribution is 6.14. The Balaban J connectivity index is 2.39. The minimum Gasteiger partial charge on any atom is -0.298 e. The zero-order chi connectivity index (χ0) is 14.2. The Morgan fingerprint density at radius 3 is 2.42 bits per heavy atom. The Morgan fingerprint density at radius 1 is 1.26 bits per heavy atom. The normalized spacial score (nSPS) is 26.3. The average molecular weight is 256 g/mol. The van der Waals surface area contributed by atoms with Crippen molar-refractivity contribution in [2.45, 2.75) is 27.2 Å². The zero-order valence-corrected chi connectivity index (χ0v) is 11.8. The number of Topliss-reactive ketones (excluding diaryl/α,β-unsaturated/α-hetero) is 2. The molecule has 1 saturated carbocycles. The van der Waals surface area contributed by atoms with Crippen LogP contribution < -0.4 is 0 Å². The summed E-state index contributed by atoms with van der Waals surface area (Å²) in [6.45, 7) is 10.1. The molecule has 1 fully saturated rings. The first kappa shape index (κ1) is 13.7. The largest absolute Gasteiger partial charge is 0.298 e. The van der Waals surface area contributed by atoms with Gasteiger partial charge in [-0.2, -0.15) is 0 Å². The molecule has 100 valence electrons. The number of carbonyl (C=O) groups excluding carboxylic acids is 2. The molecule has 0 aliphatic heterocycles. The van der Waals surface area contributed by atoms with Gasteiger partial charge in [0.25, 0.3) is 0 Å². The van der Waals surface area contributed by atoms with Crippen LogP contribution in [-0.2, 0) is 4.79 Å². The molecule has 1 aliphatic carbocycles. The Kier molecular flexibility index (Phi) is 3.44. The van der Waals surface area contributed by atoms with Crippen molar-refractivity contribution >= 4 is 11.6 Å². The molecule has 0 heterocycles. The number of rotatable bonds is 2. The molecule has 1 aromatic rings. The van der Waals surface area contributed by atoms with E-state index < -0.39 is 5.92 Å². The SMILES string of the molecule is C=C1C(C(=O)c2ccccc2)C(=O)C(C)CC1(C)C. The third-order valence-electron chi connectivity index (χ3n) is 4.12. The fraction of sp³-hybridized carbons (Fsp3) is 0.412. The number of hydrogen-bond donors (Lipinski definition) is 0. The maximum Gasteiger partial charge on any atom is 0.177 e. The van der Waals surface area contributed by atoms with Crippen LogP contribution in [0.15, 0.2) is 42.5 Å². The molecule has 1 aromatic carbocycles. The van der Waals surface area contributed by atoms with Crippen LogP contribution in [0.3, 0.4) is 0 Å². The molecule has 2 atom stereocenters. The van der Waals surface area contributed by atoms with Crippen LogP contribution in [0.5, 0.6) is 0 Å². The van der Waals surface area contributed by atoms with Crippen LogP contribution in [0.1, 0.15) is 37.6 Å². The predicted octanol–water partition coefficient (Wildman–Crippen LogP) is 3.68. The summed E-state index contributed by atoms with van der Waals surface area (Å²) < 4.78 is 0. The van der Waals surface area contributed by atoms with E-state index in [0.29, 0.717) is 5.56 Å². The van der Waals surface area contributed by atoms with Crippen molar-refractivity contribution in [1.29, 1.82) is 0 Å². The first-order valence-corrected chi connectivity index (χ1v) is 6.67. The van der Waals surface area contributed by atoms with Crippen LogP contribution in [-0.4, -0.2) is 11.6 Å². The van der Waals surface area contributed by atoms with Gasteiger partial charge in [0.05, 0.1) is 0 Å². The van der Waals surface area contributed by atoms with Gasteiger partial charge in [-0.15, -0.1) is 0 Å². The van der Waals surface area contributed by atoms with E-state index in [4.69, 9.17) is 0 Å². The lowest BCUT2D eigenvalue weighted by Gasteiger charge is -2.39. The highest BCUT2D eigenvalue weighted by Crippen LogP contribution is 2.44. The molecule has 19 heavy (non-hydrogen) atoms. The molecule has 0 radical (unpaired) electrons. The summed E-state index contributed by atoms with van der Waals surface area (Å²) >= 11 is 0. The monoisotopic (exact) mass is 256 g/mol. The molecule has 0 amide bonds. The molecule has 0 saturated heterocycles. The Morgan fingerprint density at radius 2 is 1.84 bits per heavy atom. The third kappa shape index (κ3) is 2.40. The minimum absolute atomic E-state index is 0.0122. The van der Waals surface area contributed by atoms with Crippen LogP contribution in [0.25, 0.3) is 0 Å². The van der Waals surface area contributed by atoms with Crippen molar-refractivity contribution in [3.63, 3.8) is 0 Å². The number of hydrogen-bond acceptors (Lipinski definition) is 2. The summed E-state index contributed by atoms with van der Waals surface area (Å²) in [6.07, 6.45) is 0.767. The van der Waals surface area contributed by atoms with Gasteiger partial charge >= 0.3 is 0 Å². The van der Waals surface area contributed by atoms with E-state index in [-0.39, 0.29) is 22.9 Å². The van der Waals surface area contributed by atoms with Crippen molar-refractivity contribution < 1.29 is 9.59 Å². The minimum atomic E-state index is -0.679. The van der Waals surface area contributed by atoms with Gasteiger partial charge in [0, 0.05) is 11.5 Å². The number of allylic oxidation sites excluding steroid dienone is 1. The molecule has 2 nitrogen and oxygen atoms in total. The molecule has 0 bridgehead atoms. The van der Waals surface area contributed by atoms with E-state index in [1.165, 1.54) is 0 Å². The smallest absolute Gasteiger partial charge is 0.177 e. The van der Waals surface area contributed by atoms with Crippen LogP contribution in [0, 0.1) is 17.3 Å². The topological polar surface area (TPSA) is 34.1 Å². The van der Waals surface area contributed by atoms with Crippen LogP contribution in [0.4, 0.5) is 0 Å². The fourth-order valence-corrected chi connectivity index (χ4v) is 2.90. The number of ketones is 2. The molecule has 2 heteroatoms. The second-order valence-corrected chi connectivity index (χ2v) is 6.08. The van der Waals surface area contributed by atoms with Gasteiger partial charge in [0.1, 0.15) is 5.92 Å². The zero-order valence-electron chi connectivity index (χ0n) is 11.8. The van der Waals surface area contributed by atoms with Crippen molar-refractivity contribution in [2.24, 2.45) is 17.3 Å². The van der Waals surface area contributed by atoms with E-state index in [0.717, 1.165) is 12.0 Å². The molecule has 2 unspecified atom stereocenters. The summed E-state index contributed by atoms with van der Waals surface area (Å²) in [6, 6.07) is 9.01. The van der Waals surface area contributed by atoms with Gasteiger partial charge in [0.15, 0.2) is 11.6 Å². The average Bonchev–Trinajstić information content (AvgIpc) is 2.37. The van der Waals surface area contributed by atoms with E-state index in [2.05, 4.69) is 20.4 Å². The molecule has 0 N–H and O–H groups in total. The fourth-order valence-electron chi connectivity index (χ4n) is 2.90. The number of carbonyl (C=O) groups is 2. The Bertz CT molecular complexity index is 525. The maximum atomic E-state index is 12.6. The molecular formula is C17H20O2. The Hall–Kier alpha value is -1.70. The molecule has 1 aliphatic rings. The van der Waals surface area contributed by atoms with Crippen molar-refractivity contribution in [2.75, 3.05) is 0 Å². The first-order chi connectivity index (χ1) is 8.84. The predicted molar refractivity (Wildman–Crippen MR) is 76.0 cm³/mol. The van der Waals surface area contributed by atoms with Gasteiger partial charge in [-0.25, -0.2) is 0 Å². The van der Waals surface area contributed by atoms with E-state index in [1.54, 1.807) is 12.1 Å². The van der Waals surface area contributed by atoms with E-state index in [9.17, 15) is 9.59 Å². The maximum absolute atomic E-state index is 12.6. The highest BCUT2D eigenvalue weighted by atomic mass is 16.2. The molecule has 0 aromatic heterocycles. The van der Waals surface area contributed by atoms with Gasteiger partial charge in [0.2, 0.25) is 0 Å². The van der Waals surface area contributed by atoms with Crippen molar-refractivity contribution in [3.8, 4) is 0 Å². The summed E-state index contributed by atoms with van der Waals surface area (Å²) in [5.74, 6) is -0.868. The molecule has 0 spiro atoms. The van der Waals surface area contributed by atoms with Gasteiger partial charge < -0.3 is 0 Å². The van der Waals surface area contributed by atoms with Crippen LogP contribution in [0.2, 0.25) is 0 Å². The van der Waals surface area contributed by atoms with Gasteiger partial charge in [-0.1, -0.05) is 63.3 Å².